The Kier molecular flexibility index (Phi) is 8.34. The van der Waals surface area contributed by atoms with Crippen molar-refractivity contribution in [2.24, 2.45) is 0 Å². The highest BCUT2D eigenvalue weighted by Gasteiger charge is 2.34. The van der Waals surface area contributed by atoms with E-state index < -0.39 is 6.04 Å². The highest BCUT2D eigenvalue weighted by atomic mass is 16.5. The number of nitrogens with zero attached hydrogens (tertiary/aromatic N) is 6. The zero-order valence-corrected chi connectivity index (χ0v) is 25.2. The maximum atomic E-state index is 14.5. The molecule has 0 radical (unpaired) electrons. The third kappa shape index (κ3) is 6.15. The van der Waals surface area contributed by atoms with Gasteiger partial charge in [0.1, 0.15) is 18.1 Å². The molecule has 7 rings (SSSR count). The molecule has 46 heavy (non-hydrogen) atoms. The normalized spacial score (nSPS) is 13.9. The summed E-state index contributed by atoms with van der Waals surface area (Å²) in [7, 11) is 0. The van der Waals surface area contributed by atoms with Crippen molar-refractivity contribution in [3.63, 3.8) is 0 Å². The number of nitrogens with one attached hydrogen (secondary N) is 1. The predicted octanol–water partition coefficient (Wildman–Crippen LogP) is 4.91. The van der Waals surface area contributed by atoms with Crippen LogP contribution < -0.4 is 15.1 Å². The number of hydrogen-bond acceptors (Lipinski definition) is 7. The molecule has 1 atom stereocenters. The molecule has 1 N–H and O–H groups in total. The second kappa shape index (κ2) is 13.2. The molecule has 10 nitrogen and oxygen atoms in total. The van der Waals surface area contributed by atoms with Crippen LogP contribution in [0.4, 0.5) is 11.4 Å². The first kappa shape index (κ1) is 29.1. The van der Waals surface area contributed by atoms with Gasteiger partial charge in [0.2, 0.25) is 11.8 Å². The van der Waals surface area contributed by atoms with Crippen LogP contribution in [-0.2, 0) is 27.4 Å². The number of rotatable bonds is 9. The molecule has 0 saturated carbocycles. The number of fused-ring (bicyclic) bond motifs is 2. The van der Waals surface area contributed by atoms with Gasteiger partial charge < -0.3 is 15.0 Å². The standard InChI is InChI=1S/C36H33N7O3/c44-34(25-42-33-13-7-6-12-32(33)39-40-42)43(30-22-28-10-4-5-11-31(28)37-24-30)35(36(45)38-23-26-8-2-1-3-9-26)27-14-16-29(17-15-27)41-18-20-46-21-19-41/h1-17,22,24,35H,18-21,23,25H2,(H,38,45)/t35-/m1/s1. The number of ether oxygens (including phenoxy) is 1. The molecule has 1 aliphatic rings. The van der Waals surface area contributed by atoms with Crippen LogP contribution in [0.5, 0.6) is 0 Å². The van der Waals surface area contributed by atoms with Gasteiger partial charge in [0.05, 0.1) is 36.1 Å². The summed E-state index contributed by atoms with van der Waals surface area (Å²) >= 11 is 0. The average Bonchev–Trinajstić information content (AvgIpc) is 3.52. The van der Waals surface area contributed by atoms with E-state index in [4.69, 9.17) is 4.74 Å². The lowest BCUT2D eigenvalue weighted by Gasteiger charge is -2.32. The number of benzene rings is 4. The van der Waals surface area contributed by atoms with E-state index in [0.717, 1.165) is 40.8 Å². The van der Waals surface area contributed by atoms with Crippen LogP contribution in [0.15, 0.2) is 115 Å². The Morgan fingerprint density at radius 1 is 0.848 bits per heavy atom. The molecule has 6 aromatic rings. The van der Waals surface area contributed by atoms with Gasteiger partial charge in [0.25, 0.3) is 0 Å². The number of morpholine rings is 1. The number of carbonyl (C=O) groups is 2. The zero-order chi connectivity index (χ0) is 31.3. The van der Waals surface area contributed by atoms with E-state index in [1.807, 2.05) is 109 Å². The van der Waals surface area contributed by atoms with Crippen molar-refractivity contribution in [2.75, 3.05) is 36.1 Å². The molecule has 2 amide bonds. The minimum atomic E-state index is -0.993. The SMILES string of the molecule is O=C(NCc1ccccc1)[C@@H](c1ccc(N2CCOCC2)cc1)N(C(=O)Cn1nnc2ccccc21)c1cnc2ccccc2c1. The second-order valence-electron chi connectivity index (χ2n) is 11.2. The molecule has 4 aromatic carbocycles. The fourth-order valence-electron chi connectivity index (χ4n) is 5.86. The summed E-state index contributed by atoms with van der Waals surface area (Å²) in [5.41, 5.74) is 5.38. The zero-order valence-electron chi connectivity index (χ0n) is 25.2. The highest BCUT2D eigenvalue weighted by molar-refractivity contribution is 6.02. The quantitative estimate of drug-likeness (QED) is 0.248. The van der Waals surface area contributed by atoms with Crippen LogP contribution in [0.25, 0.3) is 21.9 Å². The molecule has 0 spiro atoms. The van der Waals surface area contributed by atoms with Crippen molar-refractivity contribution in [3.8, 4) is 0 Å². The molecule has 2 aromatic heterocycles. The third-order valence-electron chi connectivity index (χ3n) is 8.23. The van der Waals surface area contributed by atoms with Crippen molar-refractivity contribution in [2.45, 2.75) is 19.1 Å². The fourth-order valence-corrected chi connectivity index (χ4v) is 5.86. The summed E-state index contributed by atoms with van der Waals surface area (Å²) in [6.45, 7) is 3.11. The molecule has 10 heteroatoms. The van der Waals surface area contributed by atoms with E-state index in [9.17, 15) is 9.59 Å². The number of aromatic nitrogens is 4. The second-order valence-corrected chi connectivity index (χ2v) is 11.2. The summed E-state index contributed by atoms with van der Waals surface area (Å²) in [5, 5.41) is 12.4. The topological polar surface area (TPSA) is 105 Å². The van der Waals surface area contributed by atoms with Gasteiger partial charge in [-0.3, -0.25) is 19.5 Å². The van der Waals surface area contributed by atoms with Crippen molar-refractivity contribution in [3.05, 3.63) is 127 Å². The van der Waals surface area contributed by atoms with Gasteiger partial charge in [0.15, 0.2) is 0 Å². The lowest BCUT2D eigenvalue weighted by Crippen LogP contribution is -2.45. The van der Waals surface area contributed by atoms with E-state index in [-0.39, 0.29) is 18.4 Å². The number of pyridine rings is 1. The smallest absolute Gasteiger partial charge is 0.249 e. The van der Waals surface area contributed by atoms with Crippen molar-refractivity contribution in [1.29, 1.82) is 0 Å². The number of hydrogen-bond donors (Lipinski definition) is 1. The highest BCUT2D eigenvalue weighted by Crippen LogP contribution is 2.32. The van der Waals surface area contributed by atoms with Gasteiger partial charge >= 0.3 is 0 Å². The average molecular weight is 612 g/mol. The molecule has 1 saturated heterocycles. The summed E-state index contributed by atoms with van der Waals surface area (Å²) in [4.78, 5) is 37.3. The van der Waals surface area contributed by atoms with Crippen molar-refractivity contribution >= 4 is 45.1 Å². The maximum Gasteiger partial charge on any atom is 0.249 e. The van der Waals surface area contributed by atoms with E-state index in [0.29, 0.717) is 36.5 Å². The Morgan fingerprint density at radius 2 is 1.57 bits per heavy atom. The van der Waals surface area contributed by atoms with Gasteiger partial charge in [-0.05, 0) is 47.5 Å². The number of anilines is 2. The first-order chi connectivity index (χ1) is 22.6. The molecular formula is C36H33N7O3. The monoisotopic (exact) mass is 611 g/mol. The van der Waals surface area contributed by atoms with Crippen LogP contribution in [0.1, 0.15) is 17.2 Å². The van der Waals surface area contributed by atoms with Crippen LogP contribution in [0.2, 0.25) is 0 Å². The summed E-state index contributed by atoms with van der Waals surface area (Å²) in [5.74, 6) is -0.641. The fraction of sp³-hybridized carbons (Fsp3) is 0.194. The van der Waals surface area contributed by atoms with Gasteiger partial charge in [-0.15, -0.1) is 5.10 Å². The van der Waals surface area contributed by atoms with Crippen LogP contribution in [-0.4, -0.2) is 58.1 Å². The number of amides is 2. The molecule has 1 aliphatic heterocycles. The maximum absolute atomic E-state index is 14.5. The lowest BCUT2D eigenvalue weighted by atomic mass is 10.0. The van der Waals surface area contributed by atoms with Crippen LogP contribution in [0, 0.1) is 0 Å². The van der Waals surface area contributed by atoms with E-state index in [1.54, 1.807) is 15.8 Å². The molecule has 1 fully saturated rings. The van der Waals surface area contributed by atoms with E-state index in [1.165, 1.54) is 0 Å². The molecule has 0 bridgehead atoms. The van der Waals surface area contributed by atoms with E-state index >= 15 is 0 Å². The van der Waals surface area contributed by atoms with E-state index in [2.05, 4.69) is 25.5 Å². The molecule has 0 unspecified atom stereocenters. The summed E-state index contributed by atoms with van der Waals surface area (Å²) in [6, 6.07) is 33.7. The molecular weight excluding hydrogens is 578 g/mol. The lowest BCUT2D eigenvalue weighted by molar-refractivity contribution is -0.127. The Morgan fingerprint density at radius 3 is 2.37 bits per heavy atom. The molecule has 3 heterocycles. The summed E-state index contributed by atoms with van der Waals surface area (Å²) in [6.07, 6.45) is 1.65. The van der Waals surface area contributed by atoms with Crippen molar-refractivity contribution < 1.29 is 14.3 Å². The Balaban J connectivity index is 1.30. The third-order valence-corrected chi connectivity index (χ3v) is 8.23. The Labute approximate surface area is 266 Å². The first-order valence-corrected chi connectivity index (χ1v) is 15.3. The van der Waals surface area contributed by atoms with Crippen molar-refractivity contribution in [1.82, 2.24) is 25.3 Å². The predicted molar refractivity (Wildman–Crippen MR) is 177 cm³/mol. The van der Waals surface area contributed by atoms with Gasteiger partial charge in [-0.25, -0.2) is 4.68 Å². The number of carbonyl (C=O) groups excluding carboxylic acids is 2. The largest absolute Gasteiger partial charge is 0.378 e. The van der Waals surface area contributed by atoms with Gasteiger partial charge in [0, 0.05) is 30.7 Å². The minimum absolute atomic E-state index is 0.123. The van der Waals surface area contributed by atoms with Crippen LogP contribution >= 0.6 is 0 Å². The minimum Gasteiger partial charge on any atom is -0.378 e. The summed E-state index contributed by atoms with van der Waals surface area (Å²) < 4.78 is 7.10. The molecule has 230 valence electrons. The Bertz CT molecular complexity index is 1970. The Hall–Kier alpha value is -5.61. The van der Waals surface area contributed by atoms with Crippen LogP contribution in [0.3, 0.4) is 0 Å². The molecule has 0 aliphatic carbocycles. The number of para-hydroxylation sites is 2. The first-order valence-electron chi connectivity index (χ1n) is 15.3. The van der Waals surface area contributed by atoms with Gasteiger partial charge in [-0.2, -0.15) is 0 Å². The van der Waals surface area contributed by atoms with Gasteiger partial charge in [-0.1, -0.05) is 78.0 Å².